The minimum atomic E-state index is -4.75. The number of carboxylic acids is 1. The second kappa shape index (κ2) is 6.69. The molecular weight excluding hydrogens is 414 g/mol. The summed E-state index contributed by atoms with van der Waals surface area (Å²) in [4.78, 5) is 16.8. The Morgan fingerprint density at radius 1 is 1.31 bits per heavy atom. The van der Waals surface area contributed by atoms with Crippen molar-refractivity contribution in [3.05, 3.63) is 55.2 Å². The van der Waals surface area contributed by atoms with Crippen LogP contribution in [0.4, 0.5) is 13.2 Å². The monoisotopic (exact) mass is 425 g/mol. The maximum absolute atomic E-state index is 13.9. The second-order valence-electron chi connectivity index (χ2n) is 5.93. The molecule has 140 valence electrons. The normalized spacial score (nSPS) is 23.4. The molecule has 1 fully saturated rings. The lowest BCUT2D eigenvalue weighted by molar-refractivity contribution is -0.282. The molecule has 0 spiro atoms. The van der Waals surface area contributed by atoms with Gasteiger partial charge in [0, 0.05) is 21.3 Å². The number of alkyl halides is 3. The fraction of sp³-hybridized carbons (Fsp3) is 0.312. The zero-order chi connectivity index (χ0) is 19.3. The number of halogens is 5. The molecule has 10 heteroatoms. The Kier molecular flexibility index (Phi) is 5.00. The number of carboxylic acid groups (broad SMARTS) is 1. The lowest BCUT2D eigenvalue weighted by Crippen LogP contribution is -2.42. The van der Waals surface area contributed by atoms with Crippen molar-refractivity contribution in [3.8, 4) is 0 Å². The molecule has 2 N–H and O–H groups in total. The molecule has 26 heavy (non-hydrogen) atoms. The third kappa shape index (κ3) is 3.32. The van der Waals surface area contributed by atoms with Crippen molar-refractivity contribution in [2.75, 3.05) is 0 Å². The Hall–Kier alpha value is -1.32. The molecule has 2 atom stereocenters. The highest BCUT2D eigenvalue weighted by Crippen LogP contribution is 2.52. The lowest BCUT2D eigenvalue weighted by Gasteiger charge is -2.30. The molecule has 1 aromatic heterocycles. The van der Waals surface area contributed by atoms with Gasteiger partial charge in [-0.05, 0) is 42.3 Å². The average Bonchev–Trinajstić information content (AvgIpc) is 3.10. The molecule has 1 aromatic carbocycles. The second-order valence-corrected chi connectivity index (χ2v) is 7.88. The van der Waals surface area contributed by atoms with Crippen molar-refractivity contribution in [1.29, 1.82) is 0 Å². The van der Waals surface area contributed by atoms with E-state index in [-0.39, 0.29) is 20.5 Å². The smallest absolute Gasteiger partial charge is 0.423 e. The molecule has 1 saturated heterocycles. The highest BCUT2D eigenvalue weighted by atomic mass is 35.5. The minimum absolute atomic E-state index is 0.0586. The SMILES string of the molecule is Cc1cc(C2CC(c3cc(Cl)cc(Cl)c3)(C(F)(F)F)ON2)sc1C(=O)O. The topological polar surface area (TPSA) is 58.6 Å². The first-order chi connectivity index (χ1) is 12.0. The van der Waals surface area contributed by atoms with Crippen LogP contribution in [-0.2, 0) is 10.4 Å². The van der Waals surface area contributed by atoms with E-state index in [0.717, 1.165) is 23.5 Å². The van der Waals surface area contributed by atoms with E-state index >= 15 is 0 Å². The van der Waals surface area contributed by atoms with Crippen molar-refractivity contribution in [2.24, 2.45) is 0 Å². The molecule has 0 aliphatic carbocycles. The van der Waals surface area contributed by atoms with Gasteiger partial charge in [-0.3, -0.25) is 4.84 Å². The standard InChI is InChI=1S/C16H12Cl2F3NO3S/c1-7-2-12(26-13(7)14(23)24)11-6-15(25-22-11,16(19,20)21)8-3-9(17)5-10(18)4-8/h2-5,11,22H,6H2,1H3,(H,23,24). The molecule has 4 nitrogen and oxygen atoms in total. The van der Waals surface area contributed by atoms with Gasteiger partial charge in [-0.1, -0.05) is 23.2 Å². The molecule has 2 heterocycles. The fourth-order valence-corrected chi connectivity index (χ4v) is 4.47. The molecule has 0 bridgehead atoms. The summed E-state index contributed by atoms with van der Waals surface area (Å²) in [6.45, 7) is 1.59. The summed E-state index contributed by atoms with van der Waals surface area (Å²) < 4.78 is 41.8. The van der Waals surface area contributed by atoms with E-state index in [1.807, 2.05) is 0 Å². The minimum Gasteiger partial charge on any atom is -0.477 e. The molecular formula is C16H12Cl2F3NO3S. The van der Waals surface area contributed by atoms with Crippen LogP contribution in [0.1, 0.15) is 38.1 Å². The average molecular weight is 426 g/mol. The summed E-state index contributed by atoms with van der Waals surface area (Å²) in [6, 6.07) is 4.37. The molecule has 2 aromatic rings. The first-order valence-corrected chi connectivity index (χ1v) is 8.91. The highest BCUT2D eigenvalue weighted by molar-refractivity contribution is 7.14. The van der Waals surface area contributed by atoms with Gasteiger partial charge in [0.05, 0.1) is 6.04 Å². The van der Waals surface area contributed by atoms with Crippen LogP contribution in [0.2, 0.25) is 10.0 Å². The summed E-state index contributed by atoms with van der Waals surface area (Å²) in [5, 5.41) is 9.26. The van der Waals surface area contributed by atoms with Gasteiger partial charge in [-0.15, -0.1) is 11.3 Å². The van der Waals surface area contributed by atoms with Gasteiger partial charge in [0.25, 0.3) is 0 Å². The number of hydrogen-bond donors (Lipinski definition) is 2. The summed E-state index contributed by atoms with van der Waals surface area (Å²) in [5.74, 6) is -1.12. The molecule has 1 aliphatic heterocycles. The number of hydrogen-bond acceptors (Lipinski definition) is 4. The Labute approximate surface area is 160 Å². The highest BCUT2D eigenvalue weighted by Gasteiger charge is 2.62. The quantitative estimate of drug-likeness (QED) is 0.682. The van der Waals surface area contributed by atoms with Crippen molar-refractivity contribution in [3.63, 3.8) is 0 Å². The summed E-state index contributed by atoms with van der Waals surface area (Å²) in [5.41, 5.74) is 0.0160. The molecule has 3 rings (SSSR count). The van der Waals surface area contributed by atoms with E-state index < -0.39 is 30.2 Å². The van der Waals surface area contributed by atoms with Crippen LogP contribution in [0.15, 0.2) is 24.3 Å². The first-order valence-electron chi connectivity index (χ1n) is 7.34. The molecule has 0 radical (unpaired) electrons. The zero-order valence-electron chi connectivity index (χ0n) is 13.2. The van der Waals surface area contributed by atoms with E-state index in [0.29, 0.717) is 10.4 Å². The van der Waals surface area contributed by atoms with Crippen molar-refractivity contribution in [1.82, 2.24) is 5.48 Å². The Bertz CT molecular complexity index is 851. The fourth-order valence-electron chi connectivity index (χ4n) is 2.89. The van der Waals surface area contributed by atoms with E-state index in [1.165, 1.54) is 6.07 Å². The van der Waals surface area contributed by atoms with Crippen molar-refractivity contribution >= 4 is 40.5 Å². The van der Waals surface area contributed by atoms with Crippen LogP contribution in [0.25, 0.3) is 0 Å². The zero-order valence-corrected chi connectivity index (χ0v) is 15.5. The predicted octanol–water partition coefficient (Wildman–Crippen LogP) is 5.49. The third-order valence-electron chi connectivity index (χ3n) is 4.13. The van der Waals surface area contributed by atoms with E-state index in [4.69, 9.17) is 33.1 Å². The van der Waals surface area contributed by atoms with E-state index in [1.54, 1.807) is 13.0 Å². The predicted molar refractivity (Wildman–Crippen MR) is 91.8 cm³/mol. The summed E-state index contributed by atoms with van der Waals surface area (Å²) >= 11 is 12.6. The Balaban J connectivity index is 2.02. The first kappa shape index (κ1) is 19.4. The Morgan fingerprint density at radius 2 is 1.92 bits per heavy atom. The van der Waals surface area contributed by atoms with Gasteiger partial charge in [-0.2, -0.15) is 18.7 Å². The molecule has 0 saturated carbocycles. The Morgan fingerprint density at radius 3 is 2.42 bits per heavy atom. The van der Waals surface area contributed by atoms with Gasteiger partial charge in [-0.25, -0.2) is 4.79 Å². The largest absolute Gasteiger partial charge is 0.477 e. The molecule has 2 unspecified atom stereocenters. The number of benzene rings is 1. The molecule has 0 amide bonds. The summed E-state index contributed by atoms with van der Waals surface area (Å²) in [7, 11) is 0. The third-order valence-corrected chi connectivity index (χ3v) is 5.90. The van der Waals surface area contributed by atoms with Gasteiger partial charge < -0.3 is 5.11 Å². The number of thiophene rings is 1. The van der Waals surface area contributed by atoms with Gasteiger partial charge in [0.2, 0.25) is 5.60 Å². The summed E-state index contributed by atoms with van der Waals surface area (Å²) in [6.07, 6.45) is -5.23. The van der Waals surface area contributed by atoms with Crippen LogP contribution in [0, 0.1) is 6.92 Å². The number of rotatable bonds is 3. The maximum atomic E-state index is 13.9. The van der Waals surface area contributed by atoms with Crippen LogP contribution >= 0.6 is 34.5 Å². The number of carbonyl (C=O) groups is 1. The number of aryl methyl sites for hydroxylation is 1. The van der Waals surface area contributed by atoms with Gasteiger partial charge in [0.15, 0.2) is 0 Å². The molecule has 1 aliphatic rings. The van der Waals surface area contributed by atoms with Crippen molar-refractivity contribution in [2.45, 2.75) is 31.2 Å². The van der Waals surface area contributed by atoms with Gasteiger partial charge >= 0.3 is 12.1 Å². The lowest BCUT2D eigenvalue weighted by atomic mass is 9.87. The van der Waals surface area contributed by atoms with Crippen LogP contribution in [0.5, 0.6) is 0 Å². The number of hydroxylamine groups is 1. The van der Waals surface area contributed by atoms with E-state index in [9.17, 15) is 18.0 Å². The number of nitrogens with one attached hydrogen (secondary N) is 1. The van der Waals surface area contributed by atoms with Crippen molar-refractivity contribution < 1.29 is 27.9 Å². The maximum Gasteiger partial charge on any atom is 0.423 e. The van der Waals surface area contributed by atoms with E-state index in [2.05, 4.69) is 5.48 Å². The van der Waals surface area contributed by atoms with Crippen LogP contribution in [0.3, 0.4) is 0 Å². The van der Waals surface area contributed by atoms with Crippen LogP contribution in [-0.4, -0.2) is 17.3 Å². The van der Waals surface area contributed by atoms with Crippen LogP contribution < -0.4 is 5.48 Å². The van der Waals surface area contributed by atoms with Gasteiger partial charge in [0.1, 0.15) is 4.88 Å². The number of aromatic carboxylic acids is 1.